The van der Waals surface area contributed by atoms with Gasteiger partial charge >= 0.3 is 0 Å². The fraction of sp³-hybridized carbons (Fsp3) is 0.500. The van der Waals surface area contributed by atoms with Crippen LogP contribution in [-0.4, -0.2) is 34.8 Å². The predicted octanol–water partition coefficient (Wildman–Crippen LogP) is 2.10. The van der Waals surface area contributed by atoms with Crippen LogP contribution in [-0.2, 0) is 0 Å². The Bertz CT molecular complexity index is 641. The molecule has 1 aliphatic heterocycles. The molecule has 0 atom stereocenters. The Morgan fingerprint density at radius 1 is 1.33 bits per heavy atom. The Morgan fingerprint density at radius 2 is 2.05 bits per heavy atom. The molecule has 0 aliphatic carbocycles. The van der Waals surface area contributed by atoms with Crippen molar-refractivity contribution < 1.29 is 4.79 Å². The number of carbonyl (C=O) groups is 1. The van der Waals surface area contributed by atoms with Gasteiger partial charge in [-0.2, -0.15) is 5.10 Å². The molecule has 1 aromatic heterocycles. The fourth-order valence-corrected chi connectivity index (χ4v) is 2.92. The number of rotatable bonds is 3. The van der Waals surface area contributed by atoms with Crippen LogP contribution in [0.25, 0.3) is 10.9 Å². The minimum absolute atomic E-state index is 0.0890. The van der Waals surface area contributed by atoms with E-state index in [0.717, 1.165) is 36.8 Å². The number of hydrogen-bond donors (Lipinski definition) is 2. The van der Waals surface area contributed by atoms with Crippen molar-refractivity contribution in [1.29, 1.82) is 0 Å². The van der Waals surface area contributed by atoms with Crippen molar-refractivity contribution in [2.24, 2.45) is 0 Å². The first-order chi connectivity index (χ1) is 10.2. The minimum atomic E-state index is -0.0890. The van der Waals surface area contributed by atoms with Crippen molar-refractivity contribution in [3.63, 3.8) is 0 Å². The molecule has 0 spiro atoms. The number of para-hydroxylation sites is 1. The first-order valence-electron chi connectivity index (χ1n) is 7.65. The molecule has 1 aromatic carbocycles. The lowest BCUT2D eigenvalue weighted by molar-refractivity contribution is 0.0938. The van der Waals surface area contributed by atoms with E-state index < -0.39 is 0 Å². The average molecular weight is 286 g/mol. The number of nitrogens with zero attached hydrogens (tertiary/aromatic N) is 2. The summed E-state index contributed by atoms with van der Waals surface area (Å²) >= 11 is 0. The topological polar surface area (TPSA) is 59.0 Å². The Kier molecular flexibility index (Phi) is 3.92. The zero-order valence-electron chi connectivity index (χ0n) is 12.6. The molecule has 5 nitrogen and oxygen atoms in total. The van der Waals surface area contributed by atoms with Gasteiger partial charge in [-0.3, -0.25) is 9.48 Å². The van der Waals surface area contributed by atoms with Crippen LogP contribution < -0.4 is 10.6 Å². The summed E-state index contributed by atoms with van der Waals surface area (Å²) in [6.45, 7) is 5.94. The molecular formula is C16H22N4O. The lowest BCUT2D eigenvalue weighted by Gasteiger charge is -2.23. The summed E-state index contributed by atoms with van der Waals surface area (Å²) in [6.07, 6.45) is 2.10. The molecule has 1 saturated heterocycles. The quantitative estimate of drug-likeness (QED) is 0.908. The van der Waals surface area contributed by atoms with Crippen LogP contribution in [0.1, 0.15) is 43.2 Å². The third-order valence-corrected chi connectivity index (χ3v) is 3.90. The number of amides is 1. The number of benzene rings is 1. The van der Waals surface area contributed by atoms with Crippen LogP contribution in [0.2, 0.25) is 0 Å². The molecule has 112 valence electrons. The van der Waals surface area contributed by atoms with E-state index in [2.05, 4.69) is 21.8 Å². The van der Waals surface area contributed by atoms with Gasteiger partial charge < -0.3 is 10.6 Å². The van der Waals surface area contributed by atoms with E-state index in [4.69, 9.17) is 0 Å². The predicted molar refractivity (Wildman–Crippen MR) is 83.5 cm³/mol. The Morgan fingerprint density at radius 3 is 2.76 bits per heavy atom. The fourth-order valence-electron chi connectivity index (χ4n) is 2.92. The van der Waals surface area contributed by atoms with Crippen LogP contribution in [0.3, 0.4) is 0 Å². The van der Waals surface area contributed by atoms with Crippen molar-refractivity contribution in [1.82, 2.24) is 20.4 Å². The third kappa shape index (κ3) is 2.78. The van der Waals surface area contributed by atoms with Gasteiger partial charge in [-0.05, 0) is 45.8 Å². The van der Waals surface area contributed by atoms with E-state index in [1.165, 1.54) is 0 Å². The third-order valence-electron chi connectivity index (χ3n) is 3.90. The molecule has 0 bridgehead atoms. The molecule has 21 heavy (non-hydrogen) atoms. The van der Waals surface area contributed by atoms with Crippen LogP contribution >= 0.6 is 0 Å². The zero-order valence-corrected chi connectivity index (χ0v) is 12.6. The van der Waals surface area contributed by atoms with Gasteiger partial charge in [-0.1, -0.05) is 18.2 Å². The lowest BCUT2D eigenvalue weighted by atomic mass is 10.1. The molecule has 2 N–H and O–H groups in total. The molecule has 0 unspecified atom stereocenters. The molecule has 2 heterocycles. The number of aromatic nitrogens is 2. The summed E-state index contributed by atoms with van der Waals surface area (Å²) < 4.78 is 2.05. The summed E-state index contributed by atoms with van der Waals surface area (Å²) in [5.74, 6) is -0.0890. The molecule has 5 heteroatoms. The highest BCUT2D eigenvalue weighted by Gasteiger charge is 2.22. The normalized spacial score (nSPS) is 16.5. The van der Waals surface area contributed by atoms with E-state index in [-0.39, 0.29) is 11.9 Å². The van der Waals surface area contributed by atoms with Crippen molar-refractivity contribution in [2.45, 2.75) is 38.8 Å². The summed E-state index contributed by atoms with van der Waals surface area (Å²) in [5.41, 5.74) is 1.59. The van der Waals surface area contributed by atoms with Crippen molar-refractivity contribution in [3.05, 3.63) is 30.0 Å². The average Bonchev–Trinajstić information content (AvgIpc) is 2.87. The van der Waals surface area contributed by atoms with Gasteiger partial charge in [-0.25, -0.2) is 0 Å². The molecular weight excluding hydrogens is 264 g/mol. The Hall–Kier alpha value is -1.88. The first-order valence-corrected chi connectivity index (χ1v) is 7.65. The maximum absolute atomic E-state index is 12.4. The maximum Gasteiger partial charge on any atom is 0.272 e. The first kappa shape index (κ1) is 14.1. The van der Waals surface area contributed by atoms with Gasteiger partial charge in [0.1, 0.15) is 0 Å². The minimum Gasteiger partial charge on any atom is -0.348 e. The standard InChI is InChI=1S/C16H22N4O/c1-11(2)18-16(21)15-13-5-3-4-6-14(13)20(19-15)12-7-9-17-10-8-12/h3-6,11-12,17H,7-10H2,1-2H3,(H,18,21). The van der Waals surface area contributed by atoms with Gasteiger partial charge in [0.15, 0.2) is 5.69 Å². The molecule has 1 aliphatic rings. The van der Waals surface area contributed by atoms with Crippen molar-refractivity contribution in [2.75, 3.05) is 13.1 Å². The van der Waals surface area contributed by atoms with Gasteiger partial charge in [-0.15, -0.1) is 0 Å². The zero-order chi connectivity index (χ0) is 14.8. The second kappa shape index (κ2) is 5.85. The monoisotopic (exact) mass is 286 g/mol. The number of fused-ring (bicyclic) bond motifs is 1. The van der Waals surface area contributed by atoms with Gasteiger partial charge in [0.05, 0.1) is 11.6 Å². The van der Waals surface area contributed by atoms with E-state index in [1.807, 2.05) is 36.7 Å². The molecule has 1 amide bonds. The van der Waals surface area contributed by atoms with Crippen LogP contribution in [0.5, 0.6) is 0 Å². The smallest absolute Gasteiger partial charge is 0.272 e. The Labute approximate surface area is 124 Å². The highest BCUT2D eigenvalue weighted by atomic mass is 16.2. The van der Waals surface area contributed by atoms with Crippen LogP contribution in [0.15, 0.2) is 24.3 Å². The summed E-state index contributed by atoms with van der Waals surface area (Å²) in [7, 11) is 0. The van der Waals surface area contributed by atoms with E-state index >= 15 is 0 Å². The number of hydrogen-bond acceptors (Lipinski definition) is 3. The lowest BCUT2D eigenvalue weighted by Crippen LogP contribution is -2.31. The molecule has 0 radical (unpaired) electrons. The van der Waals surface area contributed by atoms with E-state index in [1.54, 1.807) is 0 Å². The second-order valence-corrected chi connectivity index (χ2v) is 5.92. The van der Waals surface area contributed by atoms with Crippen LogP contribution in [0, 0.1) is 0 Å². The van der Waals surface area contributed by atoms with Gasteiger partial charge in [0.2, 0.25) is 0 Å². The number of carbonyl (C=O) groups excluding carboxylic acids is 1. The highest BCUT2D eigenvalue weighted by molar-refractivity contribution is 6.04. The highest BCUT2D eigenvalue weighted by Crippen LogP contribution is 2.26. The largest absolute Gasteiger partial charge is 0.348 e. The molecule has 1 fully saturated rings. The second-order valence-electron chi connectivity index (χ2n) is 5.92. The van der Waals surface area contributed by atoms with Gasteiger partial charge in [0.25, 0.3) is 5.91 Å². The van der Waals surface area contributed by atoms with Crippen molar-refractivity contribution >= 4 is 16.8 Å². The number of nitrogens with one attached hydrogen (secondary N) is 2. The molecule has 0 saturated carbocycles. The van der Waals surface area contributed by atoms with Crippen LogP contribution in [0.4, 0.5) is 0 Å². The van der Waals surface area contributed by atoms with Gasteiger partial charge in [0, 0.05) is 11.4 Å². The summed E-state index contributed by atoms with van der Waals surface area (Å²) in [4.78, 5) is 12.4. The van der Waals surface area contributed by atoms with Crippen molar-refractivity contribution in [3.8, 4) is 0 Å². The molecule has 3 rings (SSSR count). The molecule has 2 aromatic rings. The number of piperidine rings is 1. The van der Waals surface area contributed by atoms with E-state index in [9.17, 15) is 4.79 Å². The Balaban J connectivity index is 2.03. The maximum atomic E-state index is 12.4. The SMILES string of the molecule is CC(C)NC(=O)c1nn(C2CCNCC2)c2ccccc12. The summed E-state index contributed by atoms with van der Waals surface area (Å²) in [5, 5.41) is 11.9. The summed E-state index contributed by atoms with van der Waals surface area (Å²) in [6, 6.07) is 8.48. The van der Waals surface area contributed by atoms with E-state index in [0.29, 0.717) is 11.7 Å².